The summed E-state index contributed by atoms with van der Waals surface area (Å²) in [6, 6.07) is 7.53. The van der Waals surface area contributed by atoms with E-state index in [0.717, 1.165) is 22.4 Å². The highest BCUT2D eigenvalue weighted by atomic mass is 35.5. The minimum atomic E-state index is -2.59. The van der Waals surface area contributed by atoms with Gasteiger partial charge in [0.25, 0.3) is 6.43 Å². The Balaban J connectivity index is 2.43. The fourth-order valence-electron chi connectivity index (χ4n) is 2.37. The predicted octanol–water partition coefficient (Wildman–Crippen LogP) is 3.69. The van der Waals surface area contributed by atoms with Crippen molar-refractivity contribution in [3.63, 3.8) is 0 Å². The second-order valence-corrected chi connectivity index (χ2v) is 5.17. The van der Waals surface area contributed by atoms with Crippen molar-refractivity contribution in [1.82, 2.24) is 4.90 Å². The zero-order valence-electron chi connectivity index (χ0n) is 11.2. The molecule has 2 nitrogen and oxygen atoms in total. The van der Waals surface area contributed by atoms with Gasteiger partial charge in [0.15, 0.2) is 0 Å². The number of carbonyl (C=O) groups excluding carboxylic acids is 1. The molecule has 1 aliphatic rings. The van der Waals surface area contributed by atoms with E-state index in [1.165, 1.54) is 0 Å². The highest BCUT2D eigenvalue weighted by molar-refractivity contribution is 6.31. The topological polar surface area (TPSA) is 20.3 Å². The first kappa shape index (κ1) is 15.0. The fraction of sp³-hybridized carbons (Fsp3) is 0.400. The highest BCUT2D eigenvalue weighted by Crippen LogP contribution is 2.30. The second-order valence-electron chi connectivity index (χ2n) is 4.64. The van der Waals surface area contributed by atoms with Crippen molar-refractivity contribution < 1.29 is 13.6 Å². The number of rotatable bonds is 4. The zero-order chi connectivity index (χ0) is 14.7. The molecule has 0 saturated carbocycles. The van der Waals surface area contributed by atoms with Crippen molar-refractivity contribution in [1.29, 1.82) is 0 Å². The van der Waals surface area contributed by atoms with Gasteiger partial charge in [0, 0.05) is 11.3 Å². The summed E-state index contributed by atoms with van der Waals surface area (Å²) < 4.78 is 25.5. The maximum atomic E-state index is 12.7. The molecule has 1 aromatic rings. The van der Waals surface area contributed by atoms with Crippen molar-refractivity contribution in [2.75, 3.05) is 6.54 Å². The van der Waals surface area contributed by atoms with Crippen molar-refractivity contribution in [2.24, 2.45) is 0 Å². The molecule has 0 saturated heterocycles. The van der Waals surface area contributed by atoms with Gasteiger partial charge in [-0.1, -0.05) is 37.3 Å². The normalized spacial score (nSPS) is 19.4. The van der Waals surface area contributed by atoms with E-state index in [-0.39, 0.29) is 0 Å². The van der Waals surface area contributed by atoms with E-state index >= 15 is 0 Å². The lowest BCUT2D eigenvalue weighted by Gasteiger charge is -2.31. The largest absolute Gasteiger partial charge is 0.305 e. The van der Waals surface area contributed by atoms with Crippen LogP contribution in [0.2, 0.25) is 0 Å². The molecule has 1 heterocycles. The number of hydrogen-bond acceptors (Lipinski definition) is 1. The summed E-state index contributed by atoms with van der Waals surface area (Å²) in [5.74, 6) is -0.449. The molecule has 1 atom stereocenters. The Morgan fingerprint density at radius 3 is 2.75 bits per heavy atom. The van der Waals surface area contributed by atoms with E-state index in [1.54, 1.807) is 6.08 Å². The van der Waals surface area contributed by atoms with Crippen molar-refractivity contribution in [2.45, 2.75) is 31.6 Å². The van der Waals surface area contributed by atoms with Gasteiger partial charge >= 0.3 is 0 Å². The Morgan fingerprint density at radius 2 is 2.10 bits per heavy atom. The minimum Gasteiger partial charge on any atom is -0.305 e. The van der Waals surface area contributed by atoms with Crippen molar-refractivity contribution >= 4 is 23.2 Å². The summed E-state index contributed by atoms with van der Waals surface area (Å²) in [7, 11) is 0. The van der Waals surface area contributed by atoms with Crippen LogP contribution in [0.5, 0.6) is 0 Å². The summed E-state index contributed by atoms with van der Waals surface area (Å²) in [6.07, 6.45) is 0.330. The number of halogens is 3. The lowest BCUT2D eigenvalue weighted by atomic mass is 9.98. The quantitative estimate of drug-likeness (QED) is 0.776. The smallest absolute Gasteiger partial charge is 0.256 e. The molecule has 0 bridgehead atoms. The maximum Gasteiger partial charge on any atom is 0.256 e. The van der Waals surface area contributed by atoms with E-state index in [9.17, 15) is 13.6 Å². The van der Waals surface area contributed by atoms with E-state index in [0.29, 0.717) is 12.1 Å². The first-order valence-electron chi connectivity index (χ1n) is 6.56. The van der Waals surface area contributed by atoms with Crippen LogP contribution in [-0.4, -0.2) is 29.2 Å². The number of amides is 1. The summed E-state index contributed by atoms with van der Waals surface area (Å²) in [6.45, 7) is 1.37. The molecule has 1 aromatic carbocycles. The zero-order valence-corrected chi connectivity index (χ0v) is 11.9. The first-order valence-corrected chi connectivity index (χ1v) is 7.00. The molecule has 0 aliphatic carbocycles. The van der Waals surface area contributed by atoms with Crippen LogP contribution in [0.3, 0.4) is 0 Å². The highest BCUT2D eigenvalue weighted by Gasteiger charge is 2.31. The number of benzene rings is 1. The lowest BCUT2D eigenvalue weighted by molar-refractivity contribution is -0.129. The molecule has 0 aromatic heterocycles. The Kier molecular flexibility index (Phi) is 4.76. The second kappa shape index (κ2) is 6.35. The third-order valence-corrected chi connectivity index (χ3v) is 3.70. The van der Waals surface area contributed by atoms with Gasteiger partial charge in [-0.15, -0.1) is 11.6 Å². The first-order chi connectivity index (χ1) is 9.54. The molecule has 108 valence electrons. The number of aryl methyl sites for hydroxylation is 1. The van der Waals surface area contributed by atoms with Crippen LogP contribution in [0, 0.1) is 0 Å². The molecule has 1 amide bonds. The van der Waals surface area contributed by atoms with E-state index in [1.807, 2.05) is 31.2 Å². The molecule has 5 heteroatoms. The van der Waals surface area contributed by atoms with Gasteiger partial charge in [-0.2, -0.15) is 0 Å². The Hall–Kier alpha value is -1.42. The summed E-state index contributed by atoms with van der Waals surface area (Å²) in [5.41, 5.74) is 2.40. The molecule has 0 radical (unpaired) electrons. The Bertz CT molecular complexity index is 530. The van der Waals surface area contributed by atoms with E-state index < -0.39 is 24.3 Å². The van der Waals surface area contributed by atoms with Crippen LogP contribution in [0.25, 0.3) is 5.70 Å². The number of nitrogens with zero attached hydrogens (tertiary/aromatic N) is 1. The Labute approximate surface area is 122 Å². The van der Waals surface area contributed by atoms with Gasteiger partial charge in [-0.05, 0) is 18.4 Å². The van der Waals surface area contributed by atoms with Gasteiger partial charge in [-0.25, -0.2) is 8.78 Å². The van der Waals surface area contributed by atoms with Gasteiger partial charge in [0.2, 0.25) is 5.91 Å². The molecule has 0 spiro atoms. The third-order valence-electron chi connectivity index (χ3n) is 3.34. The lowest BCUT2D eigenvalue weighted by Crippen LogP contribution is -2.41. The van der Waals surface area contributed by atoms with E-state index in [4.69, 9.17) is 11.6 Å². The van der Waals surface area contributed by atoms with Crippen LogP contribution in [0.4, 0.5) is 8.78 Å². The average molecular weight is 300 g/mol. The van der Waals surface area contributed by atoms with Gasteiger partial charge in [0.1, 0.15) is 5.38 Å². The molecule has 20 heavy (non-hydrogen) atoms. The molecule has 0 N–H and O–H groups in total. The van der Waals surface area contributed by atoms with Gasteiger partial charge < -0.3 is 4.90 Å². The number of hydrogen-bond donors (Lipinski definition) is 0. The predicted molar refractivity (Wildman–Crippen MR) is 75.8 cm³/mol. The summed E-state index contributed by atoms with van der Waals surface area (Å²) >= 11 is 5.89. The molecule has 2 rings (SSSR count). The van der Waals surface area contributed by atoms with Crippen LogP contribution in [0.1, 0.15) is 24.5 Å². The van der Waals surface area contributed by atoms with Crippen molar-refractivity contribution in [3.8, 4) is 0 Å². The van der Waals surface area contributed by atoms with Crippen LogP contribution >= 0.6 is 11.6 Å². The maximum absolute atomic E-state index is 12.7. The molecule has 0 fully saturated rings. The number of carbonyl (C=O) groups is 1. The number of allylic oxidation sites excluding steroid dienone is 1. The van der Waals surface area contributed by atoms with E-state index in [2.05, 4.69) is 0 Å². The van der Waals surface area contributed by atoms with Crippen LogP contribution < -0.4 is 0 Å². The average Bonchev–Trinajstić information content (AvgIpc) is 2.44. The van der Waals surface area contributed by atoms with Gasteiger partial charge in [0.05, 0.1) is 6.54 Å². The molecule has 1 aliphatic heterocycles. The number of alkyl halides is 3. The monoisotopic (exact) mass is 299 g/mol. The SMILES string of the molecule is CCc1ccccc1C1=CCC(Cl)C(=O)N1CC(F)F. The third kappa shape index (κ3) is 3.01. The standard InChI is InChI=1S/C15H16ClF2NO/c1-2-10-5-3-4-6-11(10)13-8-7-12(16)15(20)19(13)9-14(17)18/h3-6,8,12,14H,2,7,9H2,1H3. The van der Waals surface area contributed by atoms with Crippen LogP contribution in [-0.2, 0) is 11.2 Å². The van der Waals surface area contributed by atoms with Gasteiger partial charge in [-0.3, -0.25) is 4.79 Å². The molecular formula is C15H16ClF2NO. The summed E-state index contributed by atoms with van der Waals surface area (Å²) in [4.78, 5) is 13.2. The molecule has 1 unspecified atom stereocenters. The van der Waals surface area contributed by atoms with Crippen LogP contribution in [0.15, 0.2) is 30.3 Å². The minimum absolute atomic E-state index is 0.369. The Morgan fingerprint density at radius 1 is 1.40 bits per heavy atom. The molecular weight excluding hydrogens is 284 g/mol. The summed E-state index contributed by atoms with van der Waals surface area (Å²) in [5, 5.41) is -0.758. The fourth-order valence-corrected chi connectivity index (χ4v) is 2.58. The van der Waals surface area contributed by atoms with Crippen molar-refractivity contribution in [3.05, 3.63) is 41.5 Å².